The van der Waals surface area contributed by atoms with Crippen molar-refractivity contribution in [1.29, 1.82) is 0 Å². The highest BCUT2D eigenvalue weighted by molar-refractivity contribution is 4.96. The van der Waals surface area contributed by atoms with E-state index in [1.54, 1.807) is 13.3 Å². The Hall–Kier alpha value is -0.910. The molecule has 0 aliphatic heterocycles. The van der Waals surface area contributed by atoms with E-state index in [2.05, 4.69) is 10.3 Å². The number of hydrogen-bond donors (Lipinski definition) is 2. The Morgan fingerprint density at radius 3 is 2.88 bits per heavy atom. The van der Waals surface area contributed by atoms with Crippen molar-refractivity contribution in [2.45, 2.75) is 25.4 Å². The molecule has 5 heteroatoms. The van der Waals surface area contributed by atoms with Gasteiger partial charge in [-0.1, -0.05) is 0 Å². The summed E-state index contributed by atoms with van der Waals surface area (Å²) in [6.45, 7) is 4.14. The van der Waals surface area contributed by atoms with Crippen molar-refractivity contribution in [2.75, 3.05) is 26.8 Å². The number of aliphatic hydroxyl groups is 1. The minimum absolute atomic E-state index is 0.572. The fraction of sp³-hybridized carbons (Fsp3) is 0.750. The lowest BCUT2D eigenvalue weighted by atomic mass is 9.97. The Bertz CT molecular complexity index is 323. The maximum atomic E-state index is 10.2. The molecule has 1 rings (SSSR count). The molecule has 2 N–H and O–H groups in total. The molecule has 1 unspecified atom stereocenters. The lowest BCUT2D eigenvalue weighted by molar-refractivity contribution is 0.0484. The number of aromatic nitrogens is 2. The second-order valence-corrected chi connectivity index (χ2v) is 4.62. The standard InChI is InChI=1S/C12H23N3O2/c1-12(16,4-5-13-7-9-17-3)10-11-14-6-8-15(11)2/h6,8,13,16H,4-5,7,9-10H2,1-3H3. The van der Waals surface area contributed by atoms with Gasteiger partial charge in [0.2, 0.25) is 0 Å². The van der Waals surface area contributed by atoms with Gasteiger partial charge in [-0.05, 0) is 19.9 Å². The molecule has 0 saturated carbocycles. The number of hydrogen-bond acceptors (Lipinski definition) is 4. The van der Waals surface area contributed by atoms with Crippen LogP contribution in [-0.4, -0.2) is 47.1 Å². The smallest absolute Gasteiger partial charge is 0.111 e. The quantitative estimate of drug-likeness (QED) is 0.644. The van der Waals surface area contributed by atoms with Crippen LogP contribution in [0.25, 0.3) is 0 Å². The summed E-state index contributed by atoms with van der Waals surface area (Å²) in [4.78, 5) is 4.22. The molecule has 5 nitrogen and oxygen atoms in total. The molecule has 1 atom stereocenters. The third-order valence-electron chi connectivity index (χ3n) is 2.78. The predicted molar refractivity (Wildman–Crippen MR) is 66.9 cm³/mol. The molecule has 1 aromatic heterocycles. The summed E-state index contributed by atoms with van der Waals surface area (Å²) in [7, 11) is 3.62. The molecule has 0 radical (unpaired) electrons. The number of ether oxygens (including phenoxy) is 1. The van der Waals surface area contributed by atoms with E-state index < -0.39 is 5.60 Å². The highest BCUT2D eigenvalue weighted by Crippen LogP contribution is 2.14. The maximum Gasteiger partial charge on any atom is 0.111 e. The van der Waals surface area contributed by atoms with Gasteiger partial charge < -0.3 is 19.7 Å². The zero-order valence-electron chi connectivity index (χ0n) is 10.9. The van der Waals surface area contributed by atoms with E-state index in [0.29, 0.717) is 19.4 Å². The molecule has 1 heterocycles. The zero-order chi connectivity index (χ0) is 12.7. The van der Waals surface area contributed by atoms with E-state index in [1.807, 2.05) is 24.7 Å². The number of nitrogens with one attached hydrogen (secondary N) is 1. The van der Waals surface area contributed by atoms with Gasteiger partial charge in [-0.2, -0.15) is 0 Å². The Kier molecular flexibility index (Phi) is 5.61. The summed E-state index contributed by atoms with van der Waals surface area (Å²) in [5, 5.41) is 13.5. The van der Waals surface area contributed by atoms with Crippen LogP contribution in [0.3, 0.4) is 0 Å². The fourth-order valence-electron chi connectivity index (χ4n) is 1.65. The van der Waals surface area contributed by atoms with Crippen LogP contribution < -0.4 is 5.32 Å². The lowest BCUT2D eigenvalue weighted by Gasteiger charge is -2.23. The maximum absolute atomic E-state index is 10.2. The van der Waals surface area contributed by atoms with Crippen LogP contribution in [0, 0.1) is 0 Å². The molecule has 0 amide bonds. The van der Waals surface area contributed by atoms with E-state index in [9.17, 15) is 5.11 Å². The van der Waals surface area contributed by atoms with Crippen LogP contribution in [0.4, 0.5) is 0 Å². The Labute approximate surface area is 103 Å². The SMILES string of the molecule is COCCNCCC(C)(O)Cc1nccn1C. The summed E-state index contributed by atoms with van der Waals surface area (Å²) >= 11 is 0. The van der Waals surface area contributed by atoms with Gasteiger partial charge in [-0.15, -0.1) is 0 Å². The monoisotopic (exact) mass is 241 g/mol. The average molecular weight is 241 g/mol. The topological polar surface area (TPSA) is 59.3 Å². The van der Waals surface area contributed by atoms with Gasteiger partial charge in [-0.25, -0.2) is 4.98 Å². The summed E-state index contributed by atoms with van der Waals surface area (Å²) in [5.41, 5.74) is -0.723. The van der Waals surface area contributed by atoms with Crippen LogP contribution in [0.5, 0.6) is 0 Å². The molecular formula is C12H23N3O2. The first-order valence-electron chi connectivity index (χ1n) is 5.93. The Morgan fingerprint density at radius 2 is 2.29 bits per heavy atom. The van der Waals surface area contributed by atoms with Crippen LogP contribution >= 0.6 is 0 Å². The fourth-order valence-corrected chi connectivity index (χ4v) is 1.65. The van der Waals surface area contributed by atoms with Crippen molar-refractivity contribution in [3.8, 4) is 0 Å². The third-order valence-corrected chi connectivity index (χ3v) is 2.78. The number of rotatable bonds is 8. The van der Waals surface area contributed by atoms with Gasteiger partial charge >= 0.3 is 0 Å². The van der Waals surface area contributed by atoms with Gasteiger partial charge in [0.1, 0.15) is 5.82 Å². The van der Waals surface area contributed by atoms with Crippen molar-refractivity contribution in [2.24, 2.45) is 7.05 Å². The van der Waals surface area contributed by atoms with E-state index in [0.717, 1.165) is 18.9 Å². The summed E-state index contributed by atoms with van der Waals surface area (Å²) in [6.07, 6.45) is 4.91. The molecule has 0 spiro atoms. The zero-order valence-corrected chi connectivity index (χ0v) is 10.9. The molecule has 98 valence electrons. The van der Waals surface area contributed by atoms with Crippen molar-refractivity contribution < 1.29 is 9.84 Å². The van der Waals surface area contributed by atoms with Gasteiger partial charge in [0, 0.05) is 39.5 Å². The predicted octanol–water partition coefficient (Wildman–Crippen LogP) is 0.340. The first-order valence-corrected chi connectivity index (χ1v) is 5.93. The minimum Gasteiger partial charge on any atom is -0.390 e. The molecule has 1 aromatic rings. The first-order chi connectivity index (χ1) is 8.05. The van der Waals surface area contributed by atoms with Crippen molar-refractivity contribution in [3.63, 3.8) is 0 Å². The molecule has 0 aliphatic carbocycles. The summed E-state index contributed by atoms with van der Waals surface area (Å²) in [6, 6.07) is 0. The second-order valence-electron chi connectivity index (χ2n) is 4.62. The molecule has 0 aromatic carbocycles. The van der Waals surface area contributed by atoms with Crippen molar-refractivity contribution >= 4 is 0 Å². The Morgan fingerprint density at radius 1 is 1.53 bits per heavy atom. The normalized spacial score (nSPS) is 14.8. The van der Waals surface area contributed by atoms with Crippen LogP contribution in [0.2, 0.25) is 0 Å². The molecule has 0 fully saturated rings. The molecular weight excluding hydrogens is 218 g/mol. The van der Waals surface area contributed by atoms with Crippen LogP contribution in [0.15, 0.2) is 12.4 Å². The van der Waals surface area contributed by atoms with Crippen molar-refractivity contribution in [1.82, 2.24) is 14.9 Å². The average Bonchev–Trinajstić information content (AvgIpc) is 2.63. The van der Waals surface area contributed by atoms with Gasteiger partial charge in [0.25, 0.3) is 0 Å². The van der Waals surface area contributed by atoms with E-state index in [-0.39, 0.29) is 0 Å². The third kappa shape index (κ3) is 5.30. The van der Waals surface area contributed by atoms with Crippen LogP contribution in [-0.2, 0) is 18.2 Å². The van der Waals surface area contributed by atoms with E-state index in [4.69, 9.17) is 4.74 Å². The van der Waals surface area contributed by atoms with Gasteiger partial charge in [0.05, 0.1) is 12.2 Å². The van der Waals surface area contributed by atoms with E-state index >= 15 is 0 Å². The second kappa shape index (κ2) is 6.74. The molecule has 0 saturated heterocycles. The first kappa shape index (κ1) is 14.2. The molecule has 17 heavy (non-hydrogen) atoms. The molecule has 0 aliphatic rings. The highest BCUT2D eigenvalue weighted by atomic mass is 16.5. The van der Waals surface area contributed by atoms with Crippen LogP contribution in [0.1, 0.15) is 19.2 Å². The summed E-state index contributed by atoms with van der Waals surface area (Å²) in [5.74, 6) is 0.909. The van der Waals surface area contributed by atoms with E-state index in [1.165, 1.54) is 0 Å². The number of aryl methyl sites for hydroxylation is 1. The summed E-state index contributed by atoms with van der Waals surface area (Å²) < 4.78 is 6.87. The highest BCUT2D eigenvalue weighted by Gasteiger charge is 2.22. The molecule has 0 bridgehead atoms. The Balaban J connectivity index is 2.28. The largest absolute Gasteiger partial charge is 0.390 e. The number of imidazole rings is 1. The number of methoxy groups -OCH3 is 1. The lowest BCUT2D eigenvalue weighted by Crippen LogP contribution is -2.34. The van der Waals surface area contributed by atoms with Gasteiger partial charge in [-0.3, -0.25) is 0 Å². The minimum atomic E-state index is -0.723. The van der Waals surface area contributed by atoms with Crippen molar-refractivity contribution in [3.05, 3.63) is 18.2 Å². The van der Waals surface area contributed by atoms with Gasteiger partial charge in [0.15, 0.2) is 0 Å². The number of nitrogens with zero attached hydrogens (tertiary/aromatic N) is 2.